The van der Waals surface area contributed by atoms with Crippen LogP contribution in [0, 0.1) is 0 Å². The van der Waals surface area contributed by atoms with E-state index in [9.17, 15) is 5.11 Å². The predicted molar refractivity (Wildman–Crippen MR) is 82.4 cm³/mol. The Kier molecular flexibility index (Phi) is 9.38. The summed E-state index contributed by atoms with van der Waals surface area (Å²) in [7, 11) is 0. The zero-order chi connectivity index (χ0) is 14.0. The van der Waals surface area contributed by atoms with Crippen LogP contribution in [0.25, 0.3) is 0 Å². The van der Waals surface area contributed by atoms with Crippen LogP contribution in [0.4, 0.5) is 0 Å². The maximum atomic E-state index is 9.57. The molecule has 2 heterocycles. The van der Waals surface area contributed by atoms with Gasteiger partial charge in [0.25, 0.3) is 0 Å². The molecule has 2 rings (SSSR count). The SMILES string of the molecule is CC.CC.CCC1=C(O)NC(C2=CC=CNC2)S1. The third-order valence-electron chi connectivity index (χ3n) is 2.28. The zero-order valence-corrected chi connectivity index (χ0v) is 12.9. The molecule has 1 unspecified atom stereocenters. The second kappa shape index (κ2) is 9.95. The Morgan fingerprint density at radius 1 is 1.33 bits per heavy atom. The van der Waals surface area contributed by atoms with E-state index in [0.29, 0.717) is 5.88 Å². The standard InChI is InChI=1S/C10H14N2OS.2C2H6/c1-2-8-9(13)12-10(14-8)7-4-3-5-11-6-7;2*1-2/h3-5,10-13H,2,6H2,1H3;2*1-2H3. The molecular formula is C14H26N2OS. The molecule has 2 aliphatic heterocycles. The minimum Gasteiger partial charge on any atom is -0.494 e. The first-order valence-electron chi connectivity index (χ1n) is 6.75. The largest absolute Gasteiger partial charge is 0.494 e. The van der Waals surface area contributed by atoms with Crippen LogP contribution in [0.5, 0.6) is 0 Å². The summed E-state index contributed by atoms with van der Waals surface area (Å²) < 4.78 is 0. The van der Waals surface area contributed by atoms with Gasteiger partial charge in [0.2, 0.25) is 0 Å². The van der Waals surface area contributed by atoms with Gasteiger partial charge in [0.15, 0.2) is 5.88 Å². The molecule has 104 valence electrons. The normalized spacial score (nSPS) is 20.7. The lowest BCUT2D eigenvalue weighted by molar-refractivity contribution is 0.365. The van der Waals surface area contributed by atoms with Gasteiger partial charge in [-0.05, 0) is 24.3 Å². The molecule has 2 aliphatic rings. The minimum absolute atomic E-state index is 0.197. The lowest BCUT2D eigenvalue weighted by Crippen LogP contribution is -2.28. The highest BCUT2D eigenvalue weighted by atomic mass is 32.2. The summed E-state index contributed by atoms with van der Waals surface area (Å²) in [5, 5.41) is 16.0. The number of aliphatic hydroxyl groups is 1. The van der Waals surface area contributed by atoms with E-state index in [2.05, 4.69) is 23.6 Å². The van der Waals surface area contributed by atoms with Gasteiger partial charge in [-0.2, -0.15) is 0 Å². The van der Waals surface area contributed by atoms with E-state index >= 15 is 0 Å². The summed E-state index contributed by atoms with van der Waals surface area (Å²) in [5.74, 6) is 0.345. The van der Waals surface area contributed by atoms with Crippen molar-refractivity contribution >= 4 is 11.8 Å². The summed E-state index contributed by atoms with van der Waals surface area (Å²) in [5.41, 5.74) is 1.27. The van der Waals surface area contributed by atoms with Crippen molar-refractivity contribution < 1.29 is 5.11 Å². The van der Waals surface area contributed by atoms with Crippen LogP contribution in [0.1, 0.15) is 41.0 Å². The van der Waals surface area contributed by atoms with Crippen LogP contribution in [-0.4, -0.2) is 17.0 Å². The van der Waals surface area contributed by atoms with Crippen molar-refractivity contribution in [2.45, 2.75) is 46.4 Å². The number of hydrogen-bond acceptors (Lipinski definition) is 4. The molecule has 0 fully saturated rings. The molecule has 3 nitrogen and oxygen atoms in total. The van der Waals surface area contributed by atoms with Crippen LogP contribution < -0.4 is 10.6 Å². The van der Waals surface area contributed by atoms with Gasteiger partial charge in [-0.3, -0.25) is 0 Å². The first-order valence-corrected chi connectivity index (χ1v) is 7.63. The van der Waals surface area contributed by atoms with Crippen LogP contribution >= 0.6 is 11.8 Å². The molecule has 1 atom stereocenters. The van der Waals surface area contributed by atoms with Crippen LogP contribution in [-0.2, 0) is 0 Å². The Morgan fingerprint density at radius 2 is 2.00 bits per heavy atom. The molecule has 0 radical (unpaired) electrons. The third-order valence-corrected chi connectivity index (χ3v) is 3.70. The second-order valence-corrected chi connectivity index (χ2v) is 4.45. The van der Waals surface area contributed by atoms with Gasteiger partial charge in [0, 0.05) is 11.4 Å². The van der Waals surface area contributed by atoms with E-state index in [1.165, 1.54) is 5.57 Å². The maximum absolute atomic E-state index is 9.57. The molecule has 0 bridgehead atoms. The summed E-state index contributed by atoms with van der Waals surface area (Å²) in [6.45, 7) is 10.9. The van der Waals surface area contributed by atoms with Crippen LogP contribution in [0.15, 0.2) is 34.7 Å². The minimum atomic E-state index is 0.197. The molecule has 18 heavy (non-hydrogen) atoms. The number of allylic oxidation sites excluding steroid dienone is 3. The van der Waals surface area contributed by atoms with E-state index in [1.54, 1.807) is 11.8 Å². The number of aliphatic hydroxyl groups excluding tert-OH is 1. The Balaban J connectivity index is 0.000000659. The molecule has 0 aliphatic carbocycles. The Bertz CT molecular complexity index is 322. The number of thioether (sulfide) groups is 1. The number of nitrogens with one attached hydrogen (secondary N) is 2. The number of hydrogen-bond donors (Lipinski definition) is 3. The summed E-state index contributed by atoms with van der Waals surface area (Å²) >= 11 is 1.70. The molecule has 0 aromatic heterocycles. The highest BCUT2D eigenvalue weighted by molar-refractivity contribution is 8.04. The first-order chi connectivity index (χ1) is 8.81. The van der Waals surface area contributed by atoms with E-state index in [-0.39, 0.29) is 5.37 Å². The van der Waals surface area contributed by atoms with E-state index in [0.717, 1.165) is 17.9 Å². The predicted octanol–water partition coefficient (Wildman–Crippen LogP) is 3.88. The van der Waals surface area contributed by atoms with Crippen molar-refractivity contribution in [3.8, 4) is 0 Å². The fourth-order valence-electron chi connectivity index (χ4n) is 1.51. The van der Waals surface area contributed by atoms with E-state index < -0.39 is 0 Å². The van der Waals surface area contributed by atoms with Gasteiger partial charge < -0.3 is 15.7 Å². The Morgan fingerprint density at radius 3 is 2.44 bits per heavy atom. The Hall–Kier alpha value is -1.03. The maximum Gasteiger partial charge on any atom is 0.195 e. The van der Waals surface area contributed by atoms with Crippen LogP contribution in [0.2, 0.25) is 0 Å². The fraction of sp³-hybridized carbons (Fsp3) is 0.571. The molecule has 0 saturated carbocycles. The molecule has 0 saturated heterocycles. The molecule has 0 spiro atoms. The lowest BCUT2D eigenvalue weighted by atomic mass is 10.2. The molecule has 0 aromatic rings. The third kappa shape index (κ3) is 4.69. The van der Waals surface area contributed by atoms with Gasteiger partial charge in [-0.15, -0.1) is 0 Å². The lowest BCUT2D eigenvalue weighted by Gasteiger charge is -2.17. The van der Waals surface area contributed by atoms with Crippen molar-refractivity contribution in [1.82, 2.24) is 10.6 Å². The average Bonchev–Trinajstić information content (AvgIpc) is 2.85. The molecule has 0 amide bonds. The highest BCUT2D eigenvalue weighted by Gasteiger charge is 2.25. The number of dihydropyridines is 1. The van der Waals surface area contributed by atoms with Crippen molar-refractivity contribution in [2.24, 2.45) is 0 Å². The highest BCUT2D eigenvalue weighted by Crippen LogP contribution is 2.34. The topological polar surface area (TPSA) is 44.3 Å². The molecule has 0 aromatic carbocycles. The van der Waals surface area contributed by atoms with Crippen molar-refractivity contribution in [2.75, 3.05) is 6.54 Å². The zero-order valence-electron chi connectivity index (χ0n) is 12.1. The van der Waals surface area contributed by atoms with Gasteiger partial charge in [0.05, 0.1) is 0 Å². The molecule has 4 heteroatoms. The average molecular weight is 270 g/mol. The van der Waals surface area contributed by atoms with Crippen molar-refractivity contribution in [1.29, 1.82) is 0 Å². The first kappa shape index (κ1) is 17.0. The monoisotopic (exact) mass is 270 g/mol. The summed E-state index contributed by atoms with van der Waals surface area (Å²) in [6, 6.07) is 0. The fourth-order valence-corrected chi connectivity index (χ4v) is 2.61. The second-order valence-electron chi connectivity index (χ2n) is 3.25. The molecular weight excluding hydrogens is 244 g/mol. The van der Waals surface area contributed by atoms with Gasteiger partial charge >= 0.3 is 0 Å². The summed E-state index contributed by atoms with van der Waals surface area (Å²) in [6.07, 6.45) is 6.89. The van der Waals surface area contributed by atoms with Gasteiger partial charge in [-0.25, -0.2) is 0 Å². The molecule has 3 N–H and O–H groups in total. The van der Waals surface area contributed by atoms with E-state index in [4.69, 9.17) is 0 Å². The Labute approximate surface area is 115 Å². The summed E-state index contributed by atoms with van der Waals surface area (Å²) in [4.78, 5) is 1.05. The van der Waals surface area contributed by atoms with Crippen molar-refractivity contribution in [3.05, 3.63) is 34.7 Å². The van der Waals surface area contributed by atoms with Gasteiger partial charge in [-0.1, -0.05) is 52.5 Å². The van der Waals surface area contributed by atoms with Crippen molar-refractivity contribution in [3.63, 3.8) is 0 Å². The smallest absolute Gasteiger partial charge is 0.195 e. The van der Waals surface area contributed by atoms with Gasteiger partial charge in [0.1, 0.15) is 5.37 Å². The van der Waals surface area contributed by atoms with Crippen LogP contribution in [0.3, 0.4) is 0 Å². The quantitative estimate of drug-likeness (QED) is 0.712. The van der Waals surface area contributed by atoms with E-state index in [1.807, 2.05) is 40.0 Å². The number of rotatable bonds is 2.